The number of hydrogen-bond acceptors (Lipinski definition) is 4. The summed E-state index contributed by atoms with van der Waals surface area (Å²) in [6.45, 7) is 1.33. The Hall–Kier alpha value is -1.40. The summed E-state index contributed by atoms with van der Waals surface area (Å²) in [5.74, 6) is -0.758. The molecule has 0 radical (unpaired) electrons. The third kappa shape index (κ3) is 4.33. The second-order valence-electron chi connectivity index (χ2n) is 4.67. The highest BCUT2D eigenvalue weighted by atomic mass is 32.1. The Kier molecular flexibility index (Phi) is 4.93. The van der Waals surface area contributed by atoms with Crippen molar-refractivity contribution in [2.24, 2.45) is 5.92 Å². The molecule has 1 aliphatic rings. The molecule has 2 N–H and O–H groups in total. The van der Waals surface area contributed by atoms with Crippen LogP contribution in [0.4, 0.5) is 0 Å². The van der Waals surface area contributed by atoms with Gasteiger partial charge >= 0.3 is 5.97 Å². The number of thiophene rings is 1. The number of ether oxygens (including phenoxy) is 1. The maximum atomic E-state index is 11.9. The van der Waals surface area contributed by atoms with Gasteiger partial charge in [0.1, 0.15) is 0 Å². The summed E-state index contributed by atoms with van der Waals surface area (Å²) >= 11 is 1.45. The first-order chi connectivity index (χ1) is 9.15. The fourth-order valence-corrected chi connectivity index (χ4v) is 2.92. The van der Waals surface area contributed by atoms with Crippen LogP contribution in [0.3, 0.4) is 0 Å². The zero-order valence-corrected chi connectivity index (χ0v) is 11.3. The summed E-state index contributed by atoms with van der Waals surface area (Å²) in [5.41, 5.74) is 0. The zero-order chi connectivity index (χ0) is 13.7. The molecule has 2 heterocycles. The van der Waals surface area contributed by atoms with E-state index < -0.39 is 12.0 Å². The van der Waals surface area contributed by atoms with E-state index in [2.05, 4.69) is 5.32 Å². The molecule has 0 aromatic carbocycles. The van der Waals surface area contributed by atoms with Gasteiger partial charge in [-0.1, -0.05) is 6.07 Å². The van der Waals surface area contributed by atoms with E-state index in [4.69, 9.17) is 9.84 Å². The molecule has 0 unspecified atom stereocenters. The number of carboxylic acid groups (broad SMARTS) is 1. The van der Waals surface area contributed by atoms with E-state index in [1.54, 1.807) is 0 Å². The third-order valence-corrected chi connectivity index (χ3v) is 4.08. The molecule has 104 valence electrons. The topological polar surface area (TPSA) is 75.6 Å². The van der Waals surface area contributed by atoms with Crippen LogP contribution in [0.1, 0.15) is 30.2 Å². The monoisotopic (exact) mass is 283 g/mol. The lowest BCUT2D eigenvalue weighted by molar-refractivity contribution is -0.137. The summed E-state index contributed by atoms with van der Waals surface area (Å²) < 4.78 is 5.23. The number of nitrogens with one attached hydrogen (secondary N) is 1. The van der Waals surface area contributed by atoms with Crippen LogP contribution in [0.5, 0.6) is 0 Å². The van der Waals surface area contributed by atoms with Gasteiger partial charge in [0.25, 0.3) is 0 Å². The van der Waals surface area contributed by atoms with E-state index in [1.165, 1.54) is 11.3 Å². The van der Waals surface area contributed by atoms with Crippen molar-refractivity contribution in [1.82, 2.24) is 5.32 Å². The normalized spacial score (nSPS) is 20.1. The molecule has 1 saturated heterocycles. The Morgan fingerprint density at radius 2 is 2.42 bits per heavy atom. The number of carbonyl (C=O) groups excluding carboxylic acids is 1. The molecule has 0 aliphatic carbocycles. The van der Waals surface area contributed by atoms with E-state index in [0.717, 1.165) is 11.3 Å². The van der Waals surface area contributed by atoms with Crippen LogP contribution < -0.4 is 5.32 Å². The molecular weight excluding hydrogens is 266 g/mol. The average molecular weight is 283 g/mol. The van der Waals surface area contributed by atoms with Gasteiger partial charge in [-0.3, -0.25) is 9.59 Å². The van der Waals surface area contributed by atoms with Crippen molar-refractivity contribution >= 4 is 23.2 Å². The van der Waals surface area contributed by atoms with E-state index in [-0.39, 0.29) is 18.2 Å². The number of carbonyl (C=O) groups is 2. The van der Waals surface area contributed by atoms with Gasteiger partial charge in [0.15, 0.2) is 0 Å². The van der Waals surface area contributed by atoms with Crippen LogP contribution in [0.15, 0.2) is 17.5 Å². The Labute approximate surface area is 115 Å². The predicted molar refractivity (Wildman–Crippen MR) is 71.0 cm³/mol. The van der Waals surface area contributed by atoms with Crippen molar-refractivity contribution in [3.63, 3.8) is 0 Å². The molecular formula is C13H17NO4S. The first-order valence-corrected chi connectivity index (χ1v) is 7.15. The van der Waals surface area contributed by atoms with E-state index in [9.17, 15) is 9.59 Å². The summed E-state index contributed by atoms with van der Waals surface area (Å²) in [6.07, 6.45) is 1.21. The minimum Gasteiger partial charge on any atom is -0.481 e. The molecule has 0 bridgehead atoms. The number of hydrogen-bond donors (Lipinski definition) is 2. The van der Waals surface area contributed by atoms with Gasteiger partial charge in [0, 0.05) is 24.5 Å². The molecule has 2 atom stereocenters. The quantitative estimate of drug-likeness (QED) is 0.835. The molecule has 0 saturated carbocycles. The summed E-state index contributed by atoms with van der Waals surface area (Å²) in [5, 5.41) is 13.6. The molecule has 1 amide bonds. The highest BCUT2D eigenvalue weighted by Gasteiger charge is 2.23. The predicted octanol–water partition coefficient (Wildman–Crippen LogP) is 1.81. The van der Waals surface area contributed by atoms with Crippen molar-refractivity contribution in [3.05, 3.63) is 22.4 Å². The average Bonchev–Trinajstić information content (AvgIpc) is 2.99. The fourth-order valence-electron chi connectivity index (χ4n) is 2.15. The number of amides is 1. The fraction of sp³-hybridized carbons (Fsp3) is 0.538. The van der Waals surface area contributed by atoms with Crippen molar-refractivity contribution in [1.29, 1.82) is 0 Å². The van der Waals surface area contributed by atoms with Crippen LogP contribution >= 0.6 is 11.3 Å². The Balaban J connectivity index is 1.91. The SMILES string of the molecule is O=C(O)C[C@H](NC(=O)C[C@H]1CCOC1)c1cccs1. The first kappa shape index (κ1) is 14.0. The van der Waals surface area contributed by atoms with Crippen molar-refractivity contribution < 1.29 is 19.4 Å². The van der Waals surface area contributed by atoms with Crippen LogP contribution in [0.2, 0.25) is 0 Å². The Morgan fingerprint density at radius 3 is 3.00 bits per heavy atom. The Morgan fingerprint density at radius 1 is 1.58 bits per heavy atom. The van der Waals surface area contributed by atoms with E-state index in [0.29, 0.717) is 19.6 Å². The lowest BCUT2D eigenvalue weighted by atomic mass is 10.0. The summed E-state index contributed by atoms with van der Waals surface area (Å²) in [7, 11) is 0. The number of aliphatic carboxylic acids is 1. The van der Waals surface area contributed by atoms with Crippen LogP contribution in [-0.4, -0.2) is 30.2 Å². The van der Waals surface area contributed by atoms with Crippen molar-refractivity contribution in [2.45, 2.75) is 25.3 Å². The largest absolute Gasteiger partial charge is 0.481 e. The van der Waals surface area contributed by atoms with Crippen molar-refractivity contribution in [2.75, 3.05) is 13.2 Å². The van der Waals surface area contributed by atoms with Gasteiger partial charge in [0.05, 0.1) is 12.5 Å². The molecule has 1 aromatic rings. The lowest BCUT2D eigenvalue weighted by Crippen LogP contribution is -2.31. The molecule has 0 spiro atoms. The second-order valence-corrected chi connectivity index (χ2v) is 5.65. The first-order valence-electron chi connectivity index (χ1n) is 6.27. The van der Waals surface area contributed by atoms with Crippen molar-refractivity contribution in [3.8, 4) is 0 Å². The molecule has 19 heavy (non-hydrogen) atoms. The highest BCUT2D eigenvalue weighted by Crippen LogP contribution is 2.23. The van der Waals surface area contributed by atoms with E-state index >= 15 is 0 Å². The minimum absolute atomic E-state index is 0.0899. The maximum absolute atomic E-state index is 11.9. The molecule has 1 fully saturated rings. The smallest absolute Gasteiger partial charge is 0.305 e. The summed E-state index contributed by atoms with van der Waals surface area (Å²) in [4.78, 5) is 23.7. The number of rotatable bonds is 6. The number of carboxylic acids is 1. The third-order valence-electron chi connectivity index (χ3n) is 3.10. The molecule has 6 heteroatoms. The van der Waals surface area contributed by atoms with Crippen LogP contribution in [0, 0.1) is 5.92 Å². The summed E-state index contributed by atoms with van der Waals surface area (Å²) in [6, 6.07) is 3.26. The van der Waals surface area contributed by atoms with Gasteiger partial charge < -0.3 is 15.2 Å². The van der Waals surface area contributed by atoms with Gasteiger partial charge in [0.2, 0.25) is 5.91 Å². The maximum Gasteiger partial charge on any atom is 0.305 e. The van der Waals surface area contributed by atoms with Gasteiger partial charge in [-0.15, -0.1) is 11.3 Å². The van der Waals surface area contributed by atoms with E-state index in [1.807, 2.05) is 17.5 Å². The minimum atomic E-state index is -0.914. The standard InChI is InChI=1S/C13H17NO4S/c15-12(6-9-3-4-18-8-9)14-10(7-13(16)17)11-2-1-5-19-11/h1-2,5,9-10H,3-4,6-8H2,(H,14,15)(H,16,17)/t9-,10+/m1/s1. The molecule has 1 aromatic heterocycles. The van der Waals surface area contributed by atoms with Crippen LogP contribution in [0.25, 0.3) is 0 Å². The second kappa shape index (κ2) is 6.68. The highest BCUT2D eigenvalue weighted by molar-refractivity contribution is 7.10. The van der Waals surface area contributed by atoms with Gasteiger partial charge in [-0.25, -0.2) is 0 Å². The van der Waals surface area contributed by atoms with Crippen LogP contribution in [-0.2, 0) is 14.3 Å². The molecule has 5 nitrogen and oxygen atoms in total. The Bertz CT molecular complexity index is 426. The molecule has 2 rings (SSSR count). The van der Waals surface area contributed by atoms with Gasteiger partial charge in [-0.2, -0.15) is 0 Å². The van der Waals surface area contributed by atoms with Gasteiger partial charge in [-0.05, 0) is 23.8 Å². The molecule has 1 aliphatic heterocycles. The zero-order valence-electron chi connectivity index (χ0n) is 10.5. The lowest BCUT2D eigenvalue weighted by Gasteiger charge is -2.16.